The largest absolute Gasteiger partial charge is 0.482 e. The van der Waals surface area contributed by atoms with E-state index in [4.69, 9.17) is 9.47 Å². The van der Waals surface area contributed by atoms with Crippen LogP contribution in [0.4, 0.5) is 5.69 Å². The third-order valence-electron chi connectivity index (χ3n) is 4.81. The molecule has 1 amide bonds. The number of carbonyl (C=O) groups excluding carboxylic acids is 2. The number of anilines is 1. The Bertz CT molecular complexity index is 1070. The summed E-state index contributed by atoms with van der Waals surface area (Å²) in [5.41, 5.74) is 5.63. The van der Waals surface area contributed by atoms with Crippen LogP contribution in [0.25, 0.3) is 0 Å². The van der Waals surface area contributed by atoms with Crippen molar-refractivity contribution >= 4 is 17.6 Å². The van der Waals surface area contributed by atoms with Gasteiger partial charge in [0.15, 0.2) is 6.61 Å². The number of hydrogen-bond donors (Lipinski definition) is 1. The Morgan fingerprint density at radius 3 is 2.13 bits per heavy atom. The summed E-state index contributed by atoms with van der Waals surface area (Å²) in [6.45, 7) is 7.76. The zero-order valence-corrected chi connectivity index (χ0v) is 17.6. The second-order valence-electron chi connectivity index (χ2n) is 7.31. The molecule has 0 saturated carbocycles. The van der Waals surface area contributed by atoms with Gasteiger partial charge in [0.25, 0.3) is 5.91 Å². The van der Waals surface area contributed by atoms with Gasteiger partial charge >= 0.3 is 5.97 Å². The van der Waals surface area contributed by atoms with E-state index in [0.717, 1.165) is 27.9 Å². The van der Waals surface area contributed by atoms with Gasteiger partial charge in [-0.25, -0.2) is 4.79 Å². The highest BCUT2D eigenvalue weighted by Crippen LogP contribution is 2.19. The maximum atomic E-state index is 12.5. The first-order valence-electron chi connectivity index (χ1n) is 9.71. The summed E-state index contributed by atoms with van der Waals surface area (Å²) in [7, 11) is 0. The first kappa shape index (κ1) is 21.1. The van der Waals surface area contributed by atoms with Gasteiger partial charge in [0.2, 0.25) is 0 Å². The molecule has 154 valence electrons. The van der Waals surface area contributed by atoms with E-state index in [1.807, 2.05) is 64.1 Å². The zero-order valence-electron chi connectivity index (χ0n) is 17.6. The van der Waals surface area contributed by atoms with Crippen LogP contribution in [0.2, 0.25) is 0 Å². The van der Waals surface area contributed by atoms with Crippen LogP contribution >= 0.6 is 0 Å². The molecule has 1 N–H and O–H groups in total. The first-order chi connectivity index (χ1) is 14.3. The topological polar surface area (TPSA) is 64.6 Å². The van der Waals surface area contributed by atoms with Gasteiger partial charge in [0.1, 0.15) is 11.5 Å². The molecule has 0 fully saturated rings. The van der Waals surface area contributed by atoms with E-state index in [1.165, 1.54) is 0 Å². The third-order valence-corrected chi connectivity index (χ3v) is 4.81. The molecule has 0 bridgehead atoms. The van der Waals surface area contributed by atoms with E-state index in [0.29, 0.717) is 17.1 Å². The smallest absolute Gasteiger partial charge is 0.349 e. The maximum absolute atomic E-state index is 12.5. The highest BCUT2D eigenvalue weighted by molar-refractivity contribution is 6.04. The monoisotopic (exact) mass is 403 g/mol. The molecule has 5 nitrogen and oxygen atoms in total. The predicted octanol–water partition coefficient (Wildman–Crippen LogP) is 5.16. The van der Waals surface area contributed by atoms with Crippen LogP contribution in [0.3, 0.4) is 0 Å². The summed E-state index contributed by atoms with van der Waals surface area (Å²) >= 11 is 0. The Morgan fingerprint density at radius 2 is 1.47 bits per heavy atom. The van der Waals surface area contributed by atoms with Crippen LogP contribution < -0.4 is 14.8 Å². The quantitative estimate of drug-likeness (QED) is 0.456. The van der Waals surface area contributed by atoms with Gasteiger partial charge in [0, 0.05) is 11.3 Å². The molecule has 0 saturated heterocycles. The molecule has 3 rings (SSSR count). The van der Waals surface area contributed by atoms with Crippen molar-refractivity contribution in [1.82, 2.24) is 0 Å². The Balaban J connectivity index is 1.55. The number of carbonyl (C=O) groups is 2. The first-order valence-corrected chi connectivity index (χ1v) is 9.71. The summed E-state index contributed by atoms with van der Waals surface area (Å²) in [5, 5.41) is 2.89. The molecular formula is C25H25NO4. The van der Waals surface area contributed by atoms with Gasteiger partial charge in [-0.2, -0.15) is 0 Å². The molecule has 3 aromatic carbocycles. The Kier molecular flexibility index (Phi) is 6.52. The van der Waals surface area contributed by atoms with Crippen LogP contribution in [-0.4, -0.2) is 18.5 Å². The molecule has 0 heterocycles. The third kappa shape index (κ3) is 5.47. The van der Waals surface area contributed by atoms with Gasteiger partial charge < -0.3 is 14.8 Å². The molecular weight excluding hydrogens is 378 g/mol. The van der Waals surface area contributed by atoms with Crippen molar-refractivity contribution in [1.29, 1.82) is 0 Å². The second-order valence-corrected chi connectivity index (χ2v) is 7.31. The van der Waals surface area contributed by atoms with Crippen molar-refractivity contribution in [2.24, 2.45) is 0 Å². The van der Waals surface area contributed by atoms with Crippen molar-refractivity contribution in [3.8, 4) is 11.5 Å². The molecule has 0 aliphatic rings. The lowest BCUT2D eigenvalue weighted by Crippen LogP contribution is -2.18. The SMILES string of the molecule is Cc1ccc(NC(=O)c2ccc(OC(=O)COc3ccc(C)c(C)c3)cc2)c(C)c1. The number of nitrogens with one attached hydrogen (secondary N) is 1. The predicted molar refractivity (Wildman–Crippen MR) is 117 cm³/mol. The molecule has 0 radical (unpaired) electrons. The van der Waals surface area contributed by atoms with Crippen LogP contribution in [0.15, 0.2) is 60.7 Å². The van der Waals surface area contributed by atoms with Crippen molar-refractivity contribution in [2.75, 3.05) is 11.9 Å². The van der Waals surface area contributed by atoms with E-state index in [-0.39, 0.29) is 12.5 Å². The van der Waals surface area contributed by atoms with E-state index in [1.54, 1.807) is 24.3 Å². The fraction of sp³-hybridized carbons (Fsp3) is 0.200. The van der Waals surface area contributed by atoms with E-state index >= 15 is 0 Å². The fourth-order valence-corrected chi connectivity index (χ4v) is 2.93. The molecule has 0 aliphatic carbocycles. The minimum atomic E-state index is -0.513. The summed E-state index contributed by atoms with van der Waals surface area (Å²) < 4.78 is 10.8. The second kappa shape index (κ2) is 9.27. The van der Waals surface area contributed by atoms with E-state index < -0.39 is 5.97 Å². The molecule has 5 heteroatoms. The van der Waals surface area contributed by atoms with Gasteiger partial charge in [0.05, 0.1) is 0 Å². The number of rotatable bonds is 6. The van der Waals surface area contributed by atoms with E-state index in [9.17, 15) is 9.59 Å². The molecule has 30 heavy (non-hydrogen) atoms. The fourth-order valence-electron chi connectivity index (χ4n) is 2.93. The molecule has 0 aliphatic heterocycles. The highest BCUT2D eigenvalue weighted by atomic mass is 16.6. The number of esters is 1. The minimum Gasteiger partial charge on any atom is -0.482 e. The zero-order chi connectivity index (χ0) is 21.7. The van der Waals surface area contributed by atoms with E-state index in [2.05, 4.69) is 5.32 Å². The molecule has 0 aromatic heterocycles. The van der Waals surface area contributed by atoms with Gasteiger partial charge in [-0.3, -0.25) is 4.79 Å². The molecule has 3 aromatic rings. The molecule has 0 unspecified atom stereocenters. The number of benzene rings is 3. The standard InChI is InChI=1S/C25H25NO4/c1-16-5-12-23(19(4)13-16)26-25(28)20-7-10-21(11-8-20)30-24(27)15-29-22-9-6-17(2)18(3)14-22/h5-14H,15H2,1-4H3,(H,26,28). The number of hydrogen-bond acceptors (Lipinski definition) is 4. The normalized spacial score (nSPS) is 10.4. The lowest BCUT2D eigenvalue weighted by Gasteiger charge is -2.10. The van der Waals surface area contributed by atoms with Crippen LogP contribution in [0, 0.1) is 27.7 Å². The Labute approximate surface area is 176 Å². The average molecular weight is 403 g/mol. The number of ether oxygens (including phenoxy) is 2. The summed E-state index contributed by atoms with van der Waals surface area (Å²) in [5.74, 6) is 0.235. The summed E-state index contributed by atoms with van der Waals surface area (Å²) in [6, 6.07) is 17.9. The summed E-state index contributed by atoms with van der Waals surface area (Å²) in [4.78, 5) is 24.5. The lowest BCUT2D eigenvalue weighted by molar-refractivity contribution is -0.136. The number of aryl methyl sites for hydroxylation is 4. The van der Waals surface area contributed by atoms with Crippen molar-refractivity contribution in [3.05, 3.63) is 88.5 Å². The van der Waals surface area contributed by atoms with Crippen molar-refractivity contribution < 1.29 is 19.1 Å². The maximum Gasteiger partial charge on any atom is 0.349 e. The lowest BCUT2D eigenvalue weighted by atomic mass is 10.1. The van der Waals surface area contributed by atoms with Crippen LogP contribution in [-0.2, 0) is 4.79 Å². The minimum absolute atomic E-state index is 0.197. The average Bonchev–Trinajstić information content (AvgIpc) is 2.71. The Morgan fingerprint density at radius 1 is 0.767 bits per heavy atom. The van der Waals surface area contributed by atoms with Crippen LogP contribution in [0.5, 0.6) is 11.5 Å². The van der Waals surface area contributed by atoms with Gasteiger partial charge in [-0.15, -0.1) is 0 Å². The number of amides is 1. The molecule has 0 atom stereocenters. The van der Waals surface area contributed by atoms with Crippen molar-refractivity contribution in [3.63, 3.8) is 0 Å². The highest BCUT2D eigenvalue weighted by Gasteiger charge is 2.10. The van der Waals surface area contributed by atoms with Gasteiger partial charge in [-0.1, -0.05) is 23.8 Å². The Hall–Kier alpha value is -3.60. The summed E-state index contributed by atoms with van der Waals surface area (Å²) in [6.07, 6.45) is 0. The van der Waals surface area contributed by atoms with Gasteiger partial charge in [-0.05, 0) is 86.8 Å². The molecule has 0 spiro atoms. The van der Waals surface area contributed by atoms with Crippen molar-refractivity contribution in [2.45, 2.75) is 27.7 Å². The van der Waals surface area contributed by atoms with Crippen LogP contribution in [0.1, 0.15) is 32.6 Å².